The van der Waals surface area contributed by atoms with Crippen molar-refractivity contribution in [2.75, 3.05) is 0 Å². The van der Waals surface area contributed by atoms with E-state index in [2.05, 4.69) is 19.6 Å². The maximum atomic E-state index is 7.17. The van der Waals surface area contributed by atoms with E-state index in [1.165, 1.54) is 0 Å². The monoisotopic (exact) mass is 183 g/mol. The van der Waals surface area contributed by atoms with Crippen LogP contribution in [0.15, 0.2) is 0 Å². The van der Waals surface area contributed by atoms with Crippen LogP contribution < -0.4 is 0 Å². The Bertz CT molecular complexity index is 37.2. The molecule has 0 aliphatic heterocycles. The molecule has 3 N–H and O–H groups in total. The van der Waals surface area contributed by atoms with Crippen molar-refractivity contribution in [2.24, 2.45) is 0 Å². The summed E-state index contributed by atoms with van der Waals surface area (Å²) >= 11 is 0. The van der Waals surface area contributed by atoms with Gasteiger partial charge in [0.25, 0.3) is 0 Å². The van der Waals surface area contributed by atoms with Gasteiger partial charge in [0.15, 0.2) is 0 Å². The molecule has 0 bridgehead atoms. The Morgan fingerprint density at radius 2 is 0.900 bits per heavy atom. The molecule has 0 aromatic rings. The zero-order valence-corrected chi connectivity index (χ0v) is 6.42. The van der Waals surface area contributed by atoms with Crippen molar-refractivity contribution >= 4 is 75.2 Å². The van der Waals surface area contributed by atoms with Gasteiger partial charge in [-0.05, 0) is 0 Å². The number of hydrogen-bond donors (Lipinski definition) is 3. The molecule has 0 spiro atoms. The Morgan fingerprint density at radius 1 is 0.900 bits per heavy atom. The summed E-state index contributed by atoms with van der Waals surface area (Å²) in [5, 5.41) is 21.5. The first-order valence-corrected chi connectivity index (χ1v) is 5.27. The molecule has 0 saturated carbocycles. The molecular weight excluding hydrogens is 169 g/mol. The summed E-state index contributed by atoms with van der Waals surface area (Å²) < 4.78 is 0. The minimum absolute atomic E-state index is 0. The van der Waals surface area contributed by atoms with E-state index in [9.17, 15) is 0 Å². The molecule has 3 nitrogen and oxygen atoms in total. The minimum atomic E-state index is -2.17. The molecule has 0 aromatic carbocycles. The molecule has 0 fully saturated rings. The van der Waals surface area contributed by atoms with Gasteiger partial charge in [-0.15, -0.1) is 0 Å². The predicted octanol–water partition coefficient (Wildman–Crippen LogP) is -1.98. The van der Waals surface area contributed by atoms with Gasteiger partial charge in [-0.2, -0.15) is 0 Å². The van der Waals surface area contributed by atoms with Gasteiger partial charge in [0, 0.05) is 8.80 Å². The van der Waals surface area contributed by atoms with E-state index in [4.69, 9.17) is 15.1 Å². The molecule has 0 unspecified atom stereocenters. The Labute approximate surface area is 109 Å². The fraction of sp³-hybridized carbons (Fsp3) is 1.00. The van der Waals surface area contributed by atoms with Crippen molar-refractivity contribution < 1.29 is 15.1 Å². The summed E-state index contributed by atoms with van der Waals surface area (Å²) in [5.74, 6) is 0. The second-order valence-electron chi connectivity index (χ2n) is 1.85. The van der Waals surface area contributed by atoms with Crippen LogP contribution in [0.25, 0.3) is 0 Å². The normalized spacial score (nSPS) is 6.30. The summed E-state index contributed by atoms with van der Waals surface area (Å²) in [6, 6.07) is 0. The average molecular weight is 183 g/mol. The summed E-state index contributed by atoms with van der Waals surface area (Å²) in [6.45, 7) is 6.81. The fourth-order valence-electron chi connectivity index (χ4n) is 0. The van der Waals surface area contributed by atoms with Gasteiger partial charge in [0.05, 0.1) is 0 Å². The van der Waals surface area contributed by atoms with Gasteiger partial charge >= 0.3 is 66.4 Å². The molecule has 53 valence electrons. The molecule has 0 aliphatic rings. The first kappa shape index (κ1) is 22.7. The van der Waals surface area contributed by atoms with Crippen molar-refractivity contribution in [3.8, 4) is 0 Å². The summed E-state index contributed by atoms with van der Waals surface area (Å²) in [4.78, 5) is 0. The van der Waals surface area contributed by atoms with Gasteiger partial charge in [0.1, 0.15) is 0 Å². The number of rotatable bonds is 0. The van der Waals surface area contributed by atoms with Gasteiger partial charge < -0.3 is 15.1 Å². The molecule has 7 heteroatoms. The van der Waals surface area contributed by atoms with Crippen molar-refractivity contribution in [3.05, 3.63) is 0 Å². The van der Waals surface area contributed by atoms with Crippen LogP contribution in [0.4, 0.5) is 0 Å². The van der Waals surface area contributed by atoms with Crippen molar-refractivity contribution in [1.82, 2.24) is 0 Å². The summed E-state index contributed by atoms with van der Waals surface area (Å²) in [7, 11) is -2.05. The van der Waals surface area contributed by atoms with Crippen LogP contribution in [0, 0.1) is 0 Å². The first-order valence-electron chi connectivity index (χ1n) is 2.27. The van der Waals surface area contributed by atoms with Crippen LogP contribution in [-0.2, 0) is 0 Å². The third kappa shape index (κ3) is 183. The summed E-state index contributed by atoms with van der Waals surface area (Å²) in [5.41, 5.74) is 0. The molecule has 0 aliphatic carbocycles. The second-order valence-corrected chi connectivity index (χ2v) is 4.85. The third-order valence-electron chi connectivity index (χ3n) is 0. The SMILES string of the molecule is C[Si](C)C.OB(O)O.[NaH].[NaH]. The van der Waals surface area contributed by atoms with E-state index in [1.54, 1.807) is 0 Å². The molecular formula is C3H14BNa2O3Si. The van der Waals surface area contributed by atoms with E-state index >= 15 is 0 Å². The predicted molar refractivity (Wildman–Crippen MR) is 50.1 cm³/mol. The molecule has 0 heterocycles. The Morgan fingerprint density at radius 3 is 0.900 bits per heavy atom. The number of hydrogen-bond acceptors (Lipinski definition) is 3. The Hall–Kier alpha value is 2.16. The third-order valence-corrected chi connectivity index (χ3v) is 0. The Kier molecular flexibility index (Phi) is 39.4. The van der Waals surface area contributed by atoms with Crippen molar-refractivity contribution in [2.45, 2.75) is 19.6 Å². The zero-order valence-electron chi connectivity index (χ0n) is 5.42. The van der Waals surface area contributed by atoms with Crippen LogP contribution >= 0.6 is 0 Å². The van der Waals surface area contributed by atoms with E-state index < -0.39 is 7.32 Å². The molecule has 0 atom stereocenters. The van der Waals surface area contributed by atoms with Crippen LogP contribution in [-0.4, -0.2) is 90.3 Å². The van der Waals surface area contributed by atoms with Gasteiger partial charge in [-0.25, -0.2) is 0 Å². The van der Waals surface area contributed by atoms with Crippen molar-refractivity contribution in [3.63, 3.8) is 0 Å². The first-order chi connectivity index (χ1) is 3.46. The molecule has 0 rings (SSSR count). The molecule has 10 heavy (non-hydrogen) atoms. The van der Waals surface area contributed by atoms with Crippen LogP contribution in [0.5, 0.6) is 0 Å². The van der Waals surface area contributed by atoms with E-state index in [0.717, 1.165) is 0 Å². The van der Waals surface area contributed by atoms with Crippen LogP contribution in [0.1, 0.15) is 0 Å². The maximum absolute atomic E-state index is 7.17. The standard InChI is InChI=1S/C3H9Si.BH3O3.2Na.2H/c1-4(2)3;2-1(3)4;;;;/h1-3H3;2-4H;;;;. The van der Waals surface area contributed by atoms with Gasteiger partial charge in [-0.1, -0.05) is 19.6 Å². The second kappa shape index (κ2) is 17.3. The summed E-state index contributed by atoms with van der Waals surface area (Å²) in [6.07, 6.45) is 0. The average Bonchev–Trinajstić information content (AvgIpc) is 1.25. The van der Waals surface area contributed by atoms with E-state index in [0.29, 0.717) is 0 Å². The van der Waals surface area contributed by atoms with Crippen LogP contribution in [0.3, 0.4) is 0 Å². The van der Waals surface area contributed by atoms with Gasteiger partial charge in [0.2, 0.25) is 0 Å². The topological polar surface area (TPSA) is 60.7 Å². The fourth-order valence-corrected chi connectivity index (χ4v) is 0. The zero-order chi connectivity index (χ0) is 7.15. The molecule has 0 saturated heterocycles. The van der Waals surface area contributed by atoms with E-state index in [1.807, 2.05) is 0 Å². The molecule has 0 amide bonds. The van der Waals surface area contributed by atoms with E-state index in [-0.39, 0.29) is 67.9 Å². The van der Waals surface area contributed by atoms with Gasteiger partial charge in [-0.3, -0.25) is 0 Å². The molecule has 0 aromatic heterocycles. The van der Waals surface area contributed by atoms with Crippen LogP contribution in [0.2, 0.25) is 19.6 Å². The Balaban J connectivity index is -0.0000000300. The molecule has 1 radical (unpaired) electrons. The quantitative estimate of drug-likeness (QED) is 0.381. The van der Waals surface area contributed by atoms with Crippen molar-refractivity contribution in [1.29, 1.82) is 0 Å².